The second-order valence-electron chi connectivity index (χ2n) is 2.82. The Labute approximate surface area is 71.1 Å². The summed E-state index contributed by atoms with van der Waals surface area (Å²) >= 11 is 0. The highest BCUT2D eigenvalue weighted by Crippen LogP contribution is 1.94. The molecule has 0 heterocycles. The molecule has 0 aliphatic rings. The summed E-state index contributed by atoms with van der Waals surface area (Å²) in [5.41, 5.74) is 0. The fraction of sp³-hybridized carbons (Fsp3) is 0.800. The summed E-state index contributed by atoms with van der Waals surface area (Å²) in [6, 6.07) is 0. The van der Waals surface area contributed by atoms with Crippen molar-refractivity contribution in [2.45, 2.75) is 33.6 Å². The van der Waals surface area contributed by atoms with Crippen molar-refractivity contribution in [1.29, 1.82) is 0 Å². The van der Waals surface area contributed by atoms with Crippen molar-refractivity contribution in [3.63, 3.8) is 0 Å². The van der Waals surface area contributed by atoms with Gasteiger partial charge in [0, 0.05) is 6.54 Å². The molecule has 0 spiro atoms. The Morgan fingerprint density at radius 1 is 1.27 bits per heavy atom. The smallest absolute Gasteiger partial charge is 0.0162 e. The molecular weight excluding hydrogens is 134 g/mol. The van der Waals surface area contributed by atoms with Gasteiger partial charge < -0.3 is 0 Å². The number of nitrogens with zero attached hydrogens (tertiary/aromatic N) is 1. The molecule has 0 N–H and O–H groups in total. The highest BCUT2D eigenvalue weighted by Gasteiger charge is 1.96. The van der Waals surface area contributed by atoms with E-state index in [-0.39, 0.29) is 0 Å². The maximum absolute atomic E-state index is 2.46. The minimum atomic E-state index is 1.12. The lowest BCUT2D eigenvalue weighted by Crippen LogP contribution is -2.24. The fourth-order valence-electron chi connectivity index (χ4n) is 1.01. The van der Waals surface area contributed by atoms with Crippen LogP contribution in [0.3, 0.4) is 0 Å². The van der Waals surface area contributed by atoms with Crippen molar-refractivity contribution in [3.05, 3.63) is 12.2 Å². The maximum Gasteiger partial charge on any atom is 0.0162 e. The first-order chi connectivity index (χ1) is 5.35. The predicted octanol–water partition coefficient (Wildman–Crippen LogP) is 2.68. The van der Waals surface area contributed by atoms with E-state index in [1.807, 2.05) is 0 Å². The van der Waals surface area contributed by atoms with E-state index in [0.29, 0.717) is 0 Å². The van der Waals surface area contributed by atoms with Gasteiger partial charge in [0.1, 0.15) is 0 Å². The molecule has 0 fully saturated rings. The monoisotopic (exact) mass is 155 g/mol. The third-order valence-corrected chi connectivity index (χ3v) is 1.87. The molecule has 66 valence electrons. The molecule has 0 unspecified atom stereocenters. The molecule has 11 heavy (non-hydrogen) atoms. The highest BCUT2D eigenvalue weighted by atomic mass is 15.1. The first-order valence-corrected chi connectivity index (χ1v) is 4.68. The molecular formula is C10H21N. The lowest BCUT2D eigenvalue weighted by atomic mass is 10.3. The Morgan fingerprint density at radius 2 is 2.00 bits per heavy atom. The van der Waals surface area contributed by atoms with Crippen molar-refractivity contribution in [2.24, 2.45) is 0 Å². The van der Waals surface area contributed by atoms with Gasteiger partial charge in [-0.2, -0.15) is 0 Å². The van der Waals surface area contributed by atoms with E-state index in [1.165, 1.54) is 25.9 Å². The summed E-state index contributed by atoms with van der Waals surface area (Å²) in [6.07, 6.45) is 6.96. The van der Waals surface area contributed by atoms with Gasteiger partial charge in [-0.25, -0.2) is 0 Å². The molecule has 0 aliphatic carbocycles. The molecule has 0 radical (unpaired) electrons. The Bertz CT molecular complexity index is 97.0. The van der Waals surface area contributed by atoms with Gasteiger partial charge >= 0.3 is 0 Å². The van der Waals surface area contributed by atoms with Crippen LogP contribution in [0.4, 0.5) is 0 Å². The van der Waals surface area contributed by atoms with Crippen molar-refractivity contribution in [2.75, 3.05) is 19.6 Å². The zero-order chi connectivity index (χ0) is 8.53. The normalized spacial score (nSPS) is 11.6. The van der Waals surface area contributed by atoms with Crippen LogP contribution in [0.25, 0.3) is 0 Å². The second-order valence-corrected chi connectivity index (χ2v) is 2.82. The fourth-order valence-corrected chi connectivity index (χ4v) is 1.01. The van der Waals surface area contributed by atoms with Gasteiger partial charge in [0.05, 0.1) is 0 Å². The van der Waals surface area contributed by atoms with Crippen LogP contribution in [0, 0.1) is 0 Å². The van der Waals surface area contributed by atoms with Gasteiger partial charge in [-0.3, -0.25) is 4.90 Å². The van der Waals surface area contributed by atoms with Crippen LogP contribution in [0.1, 0.15) is 33.6 Å². The topological polar surface area (TPSA) is 3.24 Å². The molecule has 1 heteroatoms. The maximum atomic E-state index is 2.46. The quantitative estimate of drug-likeness (QED) is 0.533. The van der Waals surface area contributed by atoms with Crippen molar-refractivity contribution < 1.29 is 0 Å². The van der Waals surface area contributed by atoms with Crippen LogP contribution >= 0.6 is 0 Å². The number of hydrogen-bond acceptors (Lipinski definition) is 1. The molecule has 0 saturated carbocycles. The Balaban J connectivity index is 3.40. The standard InChI is InChI=1S/C10H21N/c1-4-7-9-11(6-3)10-8-5-2/h4,7H,5-6,8-10H2,1-3H3. The average molecular weight is 155 g/mol. The van der Waals surface area contributed by atoms with Crippen molar-refractivity contribution in [1.82, 2.24) is 4.90 Å². The van der Waals surface area contributed by atoms with Crippen LogP contribution in [-0.4, -0.2) is 24.5 Å². The highest BCUT2D eigenvalue weighted by molar-refractivity contribution is 4.80. The Kier molecular flexibility index (Phi) is 7.59. The molecule has 0 aromatic heterocycles. The van der Waals surface area contributed by atoms with E-state index in [4.69, 9.17) is 0 Å². The van der Waals surface area contributed by atoms with E-state index in [0.717, 1.165) is 6.54 Å². The average Bonchev–Trinajstić information content (AvgIpc) is 2.05. The molecule has 1 nitrogen and oxygen atoms in total. The lowest BCUT2D eigenvalue weighted by Gasteiger charge is -2.17. The van der Waals surface area contributed by atoms with Gasteiger partial charge in [-0.1, -0.05) is 32.4 Å². The molecule has 0 atom stereocenters. The summed E-state index contributed by atoms with van der Waals surface area (Å²) in [5.74, 6) is 0. The SMILES string of the molecule is CC=CCN(CC)CCCC. The summed E-state index contributed by atoms with van der Waals surface area (Å²) in [6.45, 7) is 10.1. The van der Waals surface area contributed by atoms with Gasteiger partial charge in [0.25, 0.3) is 0 Å². The number of hydrogen-bond donors (Lipinski definition) is 0. The van der Waals surface area contributed by atoms with Crippen molar-refractivity contribution >= 4 is 0 Å². The second kappa shape index (κ2) is 7.80. The van der Waals surface area contributed by atoms with Crippen LogP contribution in [0.2, 0.25) is 0 Å². The predicted molar refractivity (Wildman–Crippen MR) is 51.8 cm³/mol. The Morgan fingerprint density at radius 3 is 2.45 bits per heavy atom. The lowest BCUT2D eigenvalue weighted by molar-refractivity contribution is 0.313. The first-order valence-electron chi connectivity index (χ1n) is 4.68. The van der Waals surface area contributed by atoms with Crippen LogP contribution in [0.5, 0.6) is 0 Å². The minimum Gasteiger partial charge on any atom is -0.300 e. The molecule has 0 saturated heterocycles. The largest absolute Gasteiger partial charge is 0.300 e. The molecule has 0 aromatic rings. The summed E-state index contributed by atoms with van der Waals surface area (Å²) in [7, 11) is 0. The molecule has 0 bridgehead atoms. The number of unbranched alkanes of at least 4 members (excludes halogenated alkanes) is 1. The van der Waals surface area contributed by atoms with E-state index >= 15 is 0 Å². The van der Waals surface area contributed by atoms with Crippen LogP contribution < -0.4 is 0 Å². The molecule has 0 aromatic carbocycles. The van der Waals surface area contributed by atoms with Crippen LogP contribution in [-0.2, 0) is 0 Å². The molecule has 0 rings (SSSR count). The zero-order valence-electron chi connectivity index (χ0n) is 8.14. The summed E-state index contributed by atoms with van der Waals surface area (Å²) in [5, 5.41) is 0. The summed E-state index contributed by atoms with van der Waals surface area (Å²) < 4.78 is 0. The van der Waals surface area contributed by atoms with E-state index < -0.39 is 0 Å². The van der Waals surface area contributed by atoms with Crippen molar-refractivity contribution in [3.8, 4) is 0 Å². The van der Waals surface area contributed by atoms with E-state index in [9.17, 15) is 0 Å². The summed E-state index contributed by atoms with van der Waals surface area (Å²) in [4.78, 5) is 2.46. The van der Waals surface area contributed by atoms with Gasteiger partial charge in [0.2, 0.25) is 0 Å². The molecule has 0 amide bonds. The third-order valence-electron chi connectivity index (χ3n) is 1.87. The van der Waals surface area contributed by atoms with E-state index in [2.05, 4.69) is 37.8 Å². The number of allylic oxidation sites excluding steroid dienone is 1. The van der Waals surface area contributed by atoms with Gasteiger partial charge in [-0.05, 0) is 26.4 Å². The minimum absolute atomic E-state index is 1.12. The zero-order valence-corrected chi connectivity index (χ0v) is 8.14. The third kappa shape index (κ3) is 6.11. The number of likely N-dealkylation sites (N-methyl/N-ethyl adjacent to an activating group) is 1. The Hall–Kier alpha value is -0.300. The van der Waals surface area contributed by atoms with Gasteiger partial charge in [-0.15, -0.1) is 0 Å². The van der Waals surface area contributed by atoms with Crippen LogP contribution in [0.15, 0.2) is 12.2 Å². The molecule has 0 aliphatic heterocycles. The van der Waals surface area contributed by atoms with E-state index in [1.54, 1.807) is 0 Å². The van der Waals surface area contributed by atoms with Gasteiger partial charge in [0.15, 0.2) is 0 Å². The number of rotatable bonds is 6. The first kappa shape index (κ1) is 10.7.